The highest BCUT2D eigenvalue weighted by Crippen LogP contribution is 2.44. The normalized spacial score (nSPS) is 13.7. The minimum absolute atomic E-state index is 0.607. The van der Waals surface area contributed by atoms with Crippen LogP contribution in [0.2, 0.25) is 0 Å². The van der Waals surface area contributed by atoms with Crippen LogP contribution in [0, 0.1) is 18.3 Å². The van der Waals surface area contributed by atoms with Crippen molar-refractivity contribution in [3.8, 4) is 39.6 Å². The van der Waals surface area contributed by atoms with Gasteiger partial charge in [0, 0.05) is 22.4 Å². The summed E-state index contributed by atoms with van der Waals surface area (Å²) in [6.07, 6.45) is 7.41. The molecule has 1 aliphatic carbocycles. The molecule has 0 radical (unpaired) electrons. The Kier molecular flexibility index (Phi) is 6.31. The smallest absolute Gasteiger partial charge is 0.224 e. The van der Waals surface area contributed by atoms with Gasteiger partial charge in [0.15, 0.2) is 6.20 Å². The second-order valence-electron chi connectivity index (χ2n) is 12.3. The van der Waals surface area contributed by atoms with Crippen LogP contribution in [-0.2, 0) is 7.05 Å². The first-order valence-electron chi connectivity index (χ1n) is 15.6. The molecule has 2 heterocycles. The largest absolute Gasteiger partial charge is 0.454 e. The zero-order valence-electron chi connectivity index (χ0n) is 25.1. The highest BCUT2D eigenvalue weighted by atomic mass is 16.3. The van der Waals surface area contributed by atoms with Gasteiger partial charge in [-0.1, -0.05) is 85.6 Å². The molecule has 3 nitrogen and oxygen atoms in total. The minimum Gasteiger partial charge on any atom is -0.454 e. The third-order valence-corrected chi connectivity index (χ3v) is 9.62. The molecule has 0 atom stereocenters. The molecule has 0 N–H and O–H groups in total. The van der Waals surface area contributed by atoms with E-state index in [0.717, 1.165) is 61.0 Å². The number of hydrogen-bond acceptors (Lipinski definition) is 2. The number of aromatic nitrogens is 1. The van der Waals surface area contributed by atoms with Gasteiger partial charge < -0.3 is 4.42 Å². The van der Waals surface area contributed by atoms with Crippen molar-refractivity contribution in [3.05, 3.63) is 126 Å². The van der Waals surface area contributed by atoms with Gasteiger partial charge in [-0.2, -0.15) is 5.26 Å². The lowest BCUT2D eigenvalue weighted by Gasteiger charge is -2.12. The predicted octanol–water partition coefficient (Wildman–Crippen LogP) is 10.4. The number of aryl methyl sites for hydroxylation is 2. The van der Waals surface area contributed by atoms with Crippen molar-refractivity contribution >= 4 is 32.7 Å². The molecule has 1 fully saturated rings. The van der Waals surface area contributed by atoms with E-state index in [2.05, 4.69) is 116 Å². The lowest BCUT2D eigenvalue weighted by molar-refractivity contribution is -0.659. The molecule has 3 heteroatoms. The van der Waals surface area contributed by atoms with Gasteiger partial charge in [-0.05, 0) is 83.2 Å². The Balaban J connectivity index is 1.37. The van der Waals surface area contributed by atoms with Crippen molar-refractivity contribution in [1.82, 2.24) is 0 Å². The molecule has 1 saturated carbocycles. The predicted molar refractivity (Wildman–Crippen MR) is 179 cm³/mol. The molecule has 5 aromatic carbocycles. The molecule has 8 rings (SSSR count). The molecule has 0 amide bonds. The van der Waals surface area contributed by atoms with Crippen LogP contribution in [0.25, 0.3) is 66.2 Å². The highest BCUT2D eigenvalue weighted by molar-refractivity contribution is 6.15. The maximum Gasteiger partial charge on any atom is 0.224 e. The first kappa shape index (κ1) is 26.4. The molecule has 2 aromatic heterocycles. The second kappa shape index (κ2) is 10.5. The van der Waals surface area contributed by atoms with Gasteiger partial charge in [0.2, 0.25) is 5.69 Å². The number of nitriles is 1. The Morgan fingerprint density at radius 3 is 2.20 bits per heavy atom. The molecular formula is C41H33N2O+. The van der Waals surface area contributed by atoms with Gasteiger partial charge in [0.05, 0.1) is 22.6 Å². The van der Waals surface area contributed by atoms with E-state index in [4.69, 9.17) is 4.42 Å². The van der Waals surface area contributed by atoms with Gasteiger partial charge in [-0.15, -0.1) is 0 Å². The van der Waals surface area contributed by atoms with Crippen molar-refractivity contribution in [3.63, 3.8) is 0 Å². The SMILES string of the molecule is Cc1ccc2c(oc3c(-c4cccc(-c5ccccc5)c4)c(C#N)ccc32)c1-c1c2ccc(C3CCCC3)cc2cc[n+]1C. The molecular weight excluding hydrogens is 536 g/mol. The maximum absolute atomic E-state index is 10.2. The first-order valence-corrected chi connectivity index (χ1v) is 15.6. The molecule has 0 aliphatic heterocycles. The zero-order valence-corrected chi connectivity index (χ0v) is 25.1. The number of rotatable bonds is 4. The summed E-state index contributed by atoms with van der Waals surface area (Å²) in [4.78, 5) is 0. The average molecular weight is 570 g/mol. The fourth-order valence-electron chi connectivity index (χ4n) is 7.38. The molecule has 7 aromatic rings. The molecule has 0 spiro atoms. The van der Waals surface area contributed by atoms with Crippen molar-refractivity contribution in [1.29, 1.82) is 5.26 Å². The van der Waals surface area contributed by atoms with E-state index in [0.29, 0.717) is 11.5 Å². The number of pyridine rings is 1. The maximum atomic E-state index is 10.2. The summed E-state index contributed by atoms with van der Waals surface area (Å²) >= 11 is 0. The topological polar surface area (TPSA) is 40.8 Å². The lowest BCUT2D eigenvalue weighted by atomic mass is 9.92. The Morgan fingerprint density at radius 2 is 1.41 bits per heavy atom. The zero-order chi connectivity index (χ0) is 29.8. The van der Waals surface area contributed by atoms with Crippen LogP contribution in [0.1, 0.15) is 48.3 Å². The van der Waals surface area contributed by atoms with Gasteiger partial charge in [-0.3, -0.25) is 0 Å². The van der Waals surface area contributed by atoms with E-state index in [-0.39, 0.29) is 0 Å². The third-order valence-electron chi connectivity index (χ3n) is 9.62. The van der Waals surface area contributed by atoms with Crippen LogP contribution in [0.4, 0.5) is 0 Å². The van der Waals surface area contributed by atoms with E-state index in [9.17, 15) is 5.26 Å². The molecule has 0 saturated heterocycles. The molecule has 0 unspecified atom stereocenters. The van der Waals surface area contributed by atoms with E-state index in [1.54, 1.807) is 0 Å². The summed E-state index contributed by atoms with van der Waals surface area (Å²) in [5.41, 5.74) is 11.1. The Hall–Kier alpha value is -5.20. The summed E-state index contributed by atoms with van der Waals surface area (Å²) in [6, 6.07) is 38.9. The summed E-state index contributed by atoms with van der Waals surface area (Å²) in [7, 11) is 2.12. The quantitative estimate of drug-likeness (QED) is 0.198. The third kappa shape index (κ3) is 4.21. The number of furan rings is 1. The number of benzene rings is 5. The Labute approximate surface area is 257 Å². The average Bonchev–Trinajstić information content (AvgIpc) is 3.74. The van der Waals surface area contributed by atoms with Gasteiger partial charge in [0.1, 0.15) is 18.2 Å². The molecule has 44 heavy (non-hydrogen) atoms. The van der Waals surface area contributed by atoms with Crippen LogP contribution in [0.3, 0.4) is 0 Å². The van der Waals surface area contributed by atoms with Gasteiger partial charge in [0.25, 0.3) is 0 Å². The van der Waals surface area contributed by atoms with E-state index in [1.165, 1.54) is 42.0 Å². The standard InChI is InChI=1S/C41H33N2O/c1-26-15-18-35-36-20-17-33(25-42)38(32-14-8-13-29(24-32)27-9-4-3-5-10-27)41(36)44-40(35)37(26)39-34-19-16-30(28-11-6-7-12-28)23-31(34)21-22-43(39)2/h3-5,8-10,13-24,28H,6-7,11-12H2,1-2H3/q+1. The second-order valence-corrected chi connectivity index (χ2v) is 12.3. The Bertz CT molecular complexity index is 2260. The van der Waals surface area contributed by atoms with Crippen molar-refractivity contribution < 1.29 is 8.98 Å². The molecule has 1 aliphatic rings. The van der Waals surface area contributed by atoms with Crippen LogP contribution < -0.4 is 4.57 Å². The van der Waals surface area contributed by atoms with Gasteiger partial charge >= 0.3 is 0 Å². The first-order chi connectivity index (χ1) is 21.6. The summed E-state index contributed by atoms with van der Waals surface area (Å²) in [5, 5.41) is 14.8. The monoisotopic (exact) mass is 569 g/mol. The van der Waals surface area contributed by atoms with Crippen LogP contribution in [0.5, 0.6) is 0 Å². The number of nitrogens with zero attached hydrogens (tertiary/aromatic N) is 2. The summed E-state index contributed by atoms with van der Waals surface area (Å²) in [6.45, 7) is 2.17. The fraction of sp³-hybridized carbons (Fsp3) is 0.171. The van der Waals surface area contributed by atoms with Gasteiger partial charge in [-0.25, -0.2) is 4.57 Å². The minimum atomic E-state index is 0.607. The van der Waals surface area contributed by atoms with E-state index >= 15 is 0 Å². The molecule has 212 valence electrons. The highest BCUT2D eigenvalue weighted by Gasteiger charge is 2.26. The summed E-state index contributed by atoms with van der Waals surface area (Å²) < 4.78 is 9.16. The van der Waals surface area contributed by atoms with Crippen LogP contribution >= 0.6 is 0 Å². The molecule has 0 bridgehead atoms. The van der Waals surface area contributed by atoms with Crippen molar-refractivity contribution in [2.75, 3.05) is 0 Å². The van der Waals surface area contributed by atoms with Crippen molar-refractivity contribution in [2.24, 2.45) is 7.05 Å². The number of fused-ring (bicyclic) bond motifs is 4. The van der Waals surface area contributed by atoms with Crippen LogP contribution in [-0.4, -0.2) is 0 Å². The van der Waals surface area contributed by atoms with Crippen LogP contribution in [0.15, 0.2) is 114 Å². The van der Waals surface area contributed by atoms with E-state index in [1.807, 2.05) is 18.2 Å². The van der Waals surface area contributed by atoms with E-state index < -0.39 is 0 Å². The Morgan fingerprint density at radius 1 is 0.705 bits per heavy atom. The number of hydrogen-bond donors (Lipinski definition) is 0. The lowest BCUT2D eigenvalue weighted by Crippen LogP contribution is -2.30. The fourth-order valence-corrected chi connectivity index (χ4v) is 7.38. The van der Waals surface area contributed by atoms with Crippen molar-refractivity contribution in [2.45, 2.75) is 38.5 Å². The summed E-state index contributed by atoms with van der Waals surface area (Å²) in [5.74, 6) is 0.672.